The molecule has 2 saturated heterocycles. The summed E-state index contributed by atoms with van der Waals surface area (Å²) in [5.41, 5.74) is -0.838. The van der Waals surface area contributed by atoms with Gasteiger partial charge in [0.15, 0.2) is 0 Å². The Morgan fingerprint density at radius 1 is 1.35 bits per heavy atom. The number of carbonyl (C=O) groups is 3. The molecule has 1 unspecified atom stereocenters. The lowest BCUT2D eigenvalue weighted by Gasteiger charge is -2.25. The average Bonchev–Trinajstić information content (AvgIpc) is 3.10. The van der Waals surface area contributed by atoms with Gasteiger partial charge in [-0.1, -0.05) is 26.7 Å². The SMILES string of the molecule is CCCC1(CCC)NC(=O)N(CC(=O)NCC2CCCO2)C1=O. The monoisotopic (exact) mass is 325 g/mol. The van der Waals surface area contributed by atoms with Crippen LogP contribution in [0.25, 0.3) is 0 Å². The largest absolute Gasteiger partial charge is 0.376 e. The molecule has 0 saturated carbocycles. The van der Waals surface area contributed by atoms with Crippen LogP contribution in [0.5, 0.6) is 0 Å². The molecule has 2 rings (SSSR count). The Morgan fingerprint density at radius 2 is 2.04 bits per heavy atom. The normalized spacial score (nSPS) is 23.2. The van der Waals surface area contributed by atoms with Gasteiger partial charge in [-0.05, 0) is 25.7 Å². The van der Waals surface area contributed by atoms with E-state index in [2.05, 4.69) is 10.6 Å². The predicted molar refractivity (Wildman–Crippen MR) is 84.8 cm³/mol. The summed E-state index contributed by atoms with van der Waals surface area (Å²) in [5, 5.41) is 5.55. The van der Waals surface area contributed by atoms with Gasteiger partial charge >= 0.3 is 6.03 Å². The van der Waals surface area contributed by atoms with Crippen LogP contribution in [-0.2, 0) is 14.3 Å². The smallest absolute Gasteiger partial charge is 0.325 e. The van der Waals surface area contributed by atoms with Crippen molar-refractivity contribution in [3.63, 3.8) is 0 Å². The second-order valence-electron chi connectivity index (χ2n) is 6.34. The van der Waals surface area contributed by atoms with E-state index in [0.717, 1.165) is 37.2 Å². The first-order valence-electron chi connectivity index (χ1n) is 8.55. The van der Waals surface area contributed by atoms with Crippen LogP contribution in [0.1, 0.15) is 52.4 Å². The second-order valence-corrected chi connectivity index (χ2v) is 6.34. The fourth-order valence-corrected chi connectivity index (χ4v) is 3.37. The van der Waals surface area contributed by atoms with Gasteiger partial charge in [-0.25, -0.2) is 4.79 Å². The quantitative estimate of drug-likeness (QED) is 0.656. The Kier molecular flexibility index (Phi) is 5.98. The summed E-state index contributed by atoms with van der Waals surface area (Å²) in [5.74, 6) is -0.605. The maximum absolute atomic E-state index is 12.7. The van der Waals surface area contributed by atoms with E-state index in [0.29, 0.717) is 19.4 Å². The van der Waals surface area contributed by atoms with Crippen LogP contribution in [0.2, 0.25) is 0 Å². The number of urea groups is 1. The van der Waals surface area contributed by atoms with E-state index in [1.54, 1.807) is 0 Å². The van der Waals surface area contributed by atoms with Crippen molar-refractivity contribution in [1.82, 2.24) is 15.5 Å². The molecule has 23 heavy (non-hydrogen) atoms. The number of nitrogens with one attached hydrogen (secondary N) is 2. The minimum Gasteiger partial charge on any atom is -0.376 e. The molecule has 0 aromatic rings. The first-order chi connectivity index (χ1) is 11.0. The number of rotatable bonds is 8. The molecular weight excluding hydrogens is 298 g/mol. The minimum atomic E-state index is -0.838. The molecule has 1 atom stereocenters. The van der Waals surface area contributed by atoms with Crippen molar-refractivity contribution in [2.75, 3.05) is 19.7 Å². The molecule has 4 amide bonds. The lowest BCUT2D eigenvalue weighted by atomic mass is 9.88. The van der Waals surface area contributed by atoms with Crippen LogP contribution >= 0.6 is 0 Å². The molecular formula is C16H27N3O4. The highest BCUT2D eigenvalue weighted by molar-refractivity contribution is 6.09. The summed E-state index contributed by atoms with van der Waals surface area (Å²) >= 11 is 0. The molecule has 0 aromatic heterocycles. The highest BCUT2D eigenvalue weighted by atomic mass is 16.5. The predicted octanol–water partition coefficient (Wildman–Crippen LogP) is 1.17. The highest BCUT2D eigenvalue weighted by Crippen LogP contribution is 2.27. The van der Waals surface area contributed by atoms with Crippen molar-refractivity contribution in [2.24, 2.45) is 0 Å². The molecule has 7 nitrogen and oxygen atoms in total. The third kappa shape index (κ3) is 4.02. The Bertz CT molecular complexity index is 454. The first kappa shape index (κ1) is 17.7. The van der Waals surface area contributed by atoms with Crippen LogP contribution in [0, 0.1) is 0 Å². The fourth-order valence-electron chi connectivity index (χ4n) is 3.37. The highest BCUT2D eigenvalue weighted by Gasteiger charge is 2.50. The van der Waals surface area contributed by atoms with Crippen molar-refractivity contribution in [3.8, 4) is 0 Å². The number of imide groups is 1. The van der Waals surface area contributed by atoms with Crippen molar-refractivity contribution in [3.05, 3.63) is 0 Å². The molecule has 2 N–H and O–H groups in total. The van der Waals surface area contributed by atoms with Crippen molar-refractivity contribution in [2.45, 2.75) is 64.0 Å². The topological polar surface area (TPSA) is 87.7 Å². The molecule has 2 heterocycles. The number of hydrogen-bond donors (Lipinski definition) is 2. The van der Waals surface area contributed by atoms with Gasteiger partial charge in [0.1, 0.15) is 12.1 Å². The third-order valence-electron chi connectivity index (χ3n) is 4.45. The number of ether oxygens (including phenoxy) is 1. The van der Waals surface area contributed by atoms with E-state index in [-0.39, 0.29) is 24.5 Å². The molecule has 0 spiro atoms. The van der Waals surface area contributed by atoms with E-state index < -0.39 is 11.6 Å². The van der Waals surface area contributed by atoms with Gasteiger partial charge in [-0.15, -0.1) is 0 Å². The zero-order valence-electron chi connectivity index (χ0n) is 14.0. The Hall–Kier alpha value is -1.63. The van der Waals surface area contributed by atoms with E-state index >= 15 is 0 Å². The van der Waals surface area contributed by atoms with Crippen LogP contribution in [-0.4, -0.2) is 54.1 Å². The van der Waals surface area contributed by atoms with Gasteiger partial charge < -0.3 is 15.4 Å². The van der Waals surface area contributed by atoms with Gasteiger partial charge in [0.05, 0.1) is 6.10 Å². The molecule has 130 valence electrons. The molecule has 0 radical (unpaired) electrons. The molecule has 0 aliphatic carbocycles. The zero-order chi connectivity index (χ0) is 16.9. The first-order valence-corrected chi connectivity index (χ1v) is 8.55. The van der Waals surface area contributed by atoms with E-state index in [1.165, 1.54) is 0 Å². The number of hydrogen-bond acceptors (Lipinski definition) is 4. The molecule has 2 aliphatic heterocycles. The summed E-state index contributed by atoms with van der Waals surface area (Å²) < 4.78 is 5.44. The van der Waals surface area contributed by atoms with Crippen LogP contribution in [0.15, 0.2) is 0 Å². The van der Waals surface area contributed by atoms with E-state index in [4.69, 9.17) is 4.74 Å². The number of carbonyl (C=O) groups excluding carboxylic acids is 3. The summed E-state index contributed by atoms with van der Waals surface area (Å²) in [6.07, 6.45) is 4.76. The molecule has 0 aromatic carbocycles. The molecule has 0 bridgehead atoms. The summed E-state index contributed by atoms with van der Waals surface area (Å²) in [4.78, 5) is 37.9. The van der Waals surface area contributed by atoms with Crippen LogP contribution in [0.4, 0.5) is 4.79 Å². The Labute approximate surface area is 137 Å². The van der Waals surface area contributed by atoms with Gasteiger partial charge in [0, 0.05) is 13.2 Å². The van der Waals surface area contributed by atoms with Gasteiger partial charge in [-0.3, -0.25) is 14.5 Å². The maximum Gasteiger partial charge on any atom is 0.325 e. The third-order valence-corrected chi connectivity index (χ3v) is 4.45. The standard InChI is InChI=1S/C16H27N3O4/c1-3-7-16(8-4-2)14(21)19(15(22)18-16)11-13(20)17-10-12-6-5-9-23-12/h12H,3-11H2,1-2H3,(H,17,20)(H,18,22). The van der Waals surface area contributed by atoms with Crippen LogP contribution in [0.3, 0.4) is 0 Å². The van der Waals surface area contributed by atoms with Crippen molar-refractivity contribution < 1.29 is 19.1 Å². The lowest BCUT2D eigenvalue weighted by Crippen LogP contribution is -2.47. The van der Waals surface area contributed by atoms with Gasteiger partial charge in [0.25, 0.3) is 5.91 Å². The van der Waals surface area contributed by atoms with Crippen molar-refractivity contribution >= 4 is 17.8 Å². The van der Waals surface area contributed by atoms with Crippen LogP contribution < -0.4 is 10.6 Å². The number of nitrogens with zero attached hydrogens (tertiary/aromatic N) is 1. The van der Waals surface area contributed by atoms with Crippen molar-refractivity contribution in [1.29, 1.82) is 0 Å². The fraction of sp³-hybridized carbons (Fsp3) is 0.812. The maximum atomic E-state index is 12.7. The molecule has 7 heteroatoms. The average molecular weight is 325 g/mol. The lowest BCUT2D eigenvalue weighted by molar-refractivity contribution is -0.135. The summed E-state index contributed by atoms with van der Waals surface area (Å²) in [7, 11) is 0. The Morgan fingerprint density at radius 3 is 2.61 bits per heavy atom. The number of amides is 4. The minimum absolute atomic E-state index is 0.0429. The zero-order valence-corrected chi connectivity index (χ0v) is 14.0. The van der Waals surface area contributed by atoms with Gasteiger partial charge in [-0.2, -0.15) is 0 Å². The second kappa shape index (κ2) is 7.77. The summed E-state index contributed by atoms with van der Waals surface area (Å²) in [6.45, 7) is 4.88. The molecule has 2 fully saturated rings. The van der Waals surface area contributed by atoms with Gasteiger partial charge in [0.2, 0.25) is 5.91 Å². The van der Waals surface area contributed by atoms with E-state index in [1.807, 2.05) is 13.8 Å². The van der Waals surface area contributed by atoms with E-state index in [9.17, 15) is 14.4 Å². The molecule has 2 aliphatic rings. The summed E-state index contributed by atoms with van der Waals surface area (Å²) in [6, 6.07) is -0.468. The Balaban J connectivity index is 1.92.